The van der Waals surface area contributed by atoms with E-state index >= 15 is 0 Å². The fourth-order valence-corrected chi connectivity index (χ4v) is 3.39. The summed E-state index contributed by atoms with van der Waals surface area (Å²) in [5, 5.41) is 0.682. The van der Waals surface area contributed by atoms with Crippen molar-refractivity contribution in [1.82, 2.24) is 4.90 Å². The molecular weight excluding hydrogens is 272 g/mol. The van der Waals surface area contributed by atoms with Gasteiger partial charge < -0.3 is 15.4 Å². The fourth-order valence-electron chi connectivity index (χ4n) is 3.14. The minimum atomic E-state index is 0.341. The quantitative estimate of drug-likeness (QED) is 0.906. The van der Waals surface area contributed by atoms with Crippen LogP contribution in [0.15, 0.2) is 18.2 Å². The maximum Gasteiger partial charge on any atom is 0.137 e. The van der Waals surface area contributed by atoms with E-state index in [0.717, 1.165) is 12.3 Å². The molecule has 1 aliphatic heterocycles. The van der Waals surface area contributed by atoms with Crippen LogP contribution in [0.3, 0.4) is 0 Å². The Morgan fingerprint density at radius 3 is 2.85 bits per heavy atom. The number of likely N-dealkylation sites (tertiary alicyclic amines) is 1. The minimum absolute atomic E-state index is 0.341. The monoisotopic (exact) mass is 296 g/mol. The molecule has 0 aromatic heterocycles. The molecule has 0 bridgehead atoms. The summed E-state index contributed by atoms with van der Waals surface area (Å²) in [7, 11) is 2.20. The third-order valence-corrected chi connectivity index (χ3v) is 4.52. The van der Waals surface area contributed by atoms with E-state index in [1.807, 2.05) is 19.1 Å². The Morgan fingerprint density at radius 1 is 1.45 bits per heavy atom. The van der Waals surface area contributed by atoms with Crippen LogP contribution in [0.4, 0.5) is 0 Å². The van der Waals surface area contributed by atoms with Crippen LogP contribution in [-0.2, 0) is 0 Å². The van der Waals surface area contributed by atoms with E-state index in [9.17, 15) is 0 Å². The van der Waals surface area contributed by atoms with Crippen LogP contribution >= 0.6 is 11.6 Å². The van der Waals surface area contributed by atoms with Gasteiger partial charge >= 0.3 is 0 Å². The first-order valence-electron chi connectivity index (χ1n) is 7.50. The van der Waals surface area contributed by atoms with E-state index in [-0.39, 0.29) is 0 Å². The lowest BCUT2D eigenvalue weighted by Crippen LogP contribution is -2.42. The molecule has 0 saturated carbocycles. The highest BCUT2D eigenvalue weighted by atomic mass is 35.5. The number of hydrogen-bond acceptors (Lipinski definition) is 3. The first kappa shape index (κ1) is 15.6. The molecule has 0 spiro atoms. The second-order valence-electron chi connectivity index (χ2n) is 5.51. The van der Waals surface area contributed by atoms with E-state index in [1.165, 1.54) is 24.8 Å². The number of hydrogen-bond donors (Lipinski definition) is 1. The van der Waals surface area contributed by atoms with Crippen molar-refractivity contribution in [3.63, 3.8) is 0 Å². The van der Waals surface area contributed by atoms with E-state index in [4.69, 9.17) is 22.1 Å². The number of halogens is 1. The van der Waals surface area contributed by atoms with Crippen LogP contribution < -0.4 is 10.5 Å². The predicted octanol–water partition coefficient (Wildman–Crippen LogP) is 3.27. The second-order valence-corrected chi connectivity index (χ2v) is 5.92. The van der Waals surface area contributed by atoms with Crippen LogP contribution in [-0.4, -0.2) is 37.7 Å². The summed E-state index contributed by atoms with van der Waals surface area (Å²) in [5.41, 5.74) is 7.27. The number of ether oxygens (including phenoxy) is 1. The maximum absolute atomic E-state index is 6.31. The number of benzene rings is 1. The van der Waals surface area contributed by atoms with Gasteiger partial charge in [-0.15, -0.1) is 0 Å². The van der Waals surface area contributed by atoms with Gasteiger partial charge in [0, 0.05) is 18.5 Å². The average molecular weight is 297 g/mol. The summed E-state index contributed by atoms with van der Waals surface area (Å²) in [6.45, 7) is 4.40. The topological polar surface area (TPSA) is 38.5 Å². The Hall–Kier alpha value is -0.770. The van der Waals surface area contributed by atoms with Gasteiger partial charge in [0.2, 0.25) is 0 Å². The molecule has 0 radical (unpaired) electrons. The van der Waals surface area contributed by atoms with Gasteiger partial charge in [-0.25, -0.2) is 0 Å². The molecule has 2 N–H and O–H groups in total. The summed E-state index contributed by atoms with van der Waals surface area (Å²) < 4.78 is 5.50. The molecule has 3 nitrogen and oxygen atoms in total. The molecule has 1 aromatic rings. The van der Waals surface area contributed by atoms with Crippen LogP contribution in [0, 0.1) is 0 Å². The van der Waals surface area contributed by atoms with Gasteiger partial charge in [0.05, 0.1) is 11.6 Å². The highest BCUT2D eigenvalue weighted by molar-refractivity contribution is 6.32. The molecule has 0 amide bonds. The first-order chi connectivity index (χ1) is 9.67. The van der Waals surface area contributed by atoms with Crippen molar-refractivity contribution in [3.8, 4) is 5.75 Å². The molecule has 1 aliphatic rings. The highest BCUT2D eigenvalue weighted by Gasteiger charge is 2.28. The zero-order valence-corrected chi connectivity index (χ0v) is 13.2. The largest absolute Gasteiger partial charge is 0.492 e. The molecule has 0 aliphatic carbocycles. The SMILES string of the molecule is CCOc1ccc(C(CN)C2CCCCN2C)cc1Cl. The molecule has 2 rings (SSSR count). The summed E-state index contributed by atoms with van der Waals surface area (Å²) in [5.74, 6) is 1.10. The second kappa shape index (κ2) is 7.30. The standard InChI is InChI=1S/C16H25ClN2O/c1-3-20-16-8-7-12(10-14(16)17)13(11-18)15-6-4-5-9-19(15)2/h7-8,10,13,15H,3-6,9,11,18H2,1-2H3. The van der Waals surface area contributed by atoms with Gasteiger partial charge in [-0.05, 0) is 51.1 Å². The normalized spacial score (nSPS) is 21.7. The molecule has 112 valence electrons. The molecule has 1 aromatic carbocycles. The van der Waals surface area contributed by atoms with E-state index in [0.29, 0.717) is 30.1 Å². The molecular formula is C16H25ClN2O. The molecule has 1 saturated heterocycles. The van der Waals surface area contributed by atoms with E-state index in [2.05, 4.69) is 18.0 Å². The first-order valence-corrected chi connectivity index (χ1v) is 7.87. The molecule has 20 heavy (non-hydrogen) atoms. The zero-order chi connectivity index (χ0) is 14.5. The molecule has 4 heteroatoms. The summed E-state index contributed by atoms with van der Waals surface area (Å²) in [6, 6.07) is 6.61. The van der Waals surface area contributed by atoms with Gasteiger partial charge in [0.15, 0.2) is 0 Å². The lowest BCUT2D eigenvalue weighted by molar-refractivity contribution is 0.160. The zero-order valence-electron chi connectivity index (χ0n) is 12.4. The Kier molecular flexibility index (Phi) is 5.70. The smallest absolute Gasteiger partial charge is 0.137 e. The van der Waals surface area contributed by atoms with Crippen molar-refractivity contribution in [1.29, 1.82) is 0 Å². The number of piperidine rings is 1. The van der Waals surface area contributed by atoms with Gasteiger partial charge in [-0.2, -0.15) is 0 Å². The van der Waals surface area contributed by atoms with Crippen molar-refractivity contribution in [3.05, 3.63) is 28.8 Å². The maximum atomic E-state index is 6.31. The third kappa shape index (κ3) is 3.46. The van der Waals surface area contributed by atoms with Crippen LogP contribution in [0.1, 0.15) is 37.7 Å². The highest BCUT2D eigenvalue weighted by Crippen LogP contribution is 2.33. The summed E-state index contributed by atoms with van der Waals surface area (Å²) in [4.78, 5) is 2.44. The number of nitrogens with zero attached hydrogens (tertiary/aromatic N) is 1. The number of likely N-dealkylation sites (N-methyl/N-ethyl adjacent to an activating group) is 1. The van der Waals surface area contributed by atoms with Crippen molar-refractivity contribution in [2.45, 2.75) is 38.1 Å². The van der Waals surface area contributed by atoms with E-state index < -0.39 is 0 Å². The number of nitrogens with two attached hydrogens (primary N) is 1. The Balaban J connectivity index is 2.20. The average Bonchev–Trinajstić information content (AvgIpc) is 2.45. The lowest BCUT2D eigenvalue weighted by Gasteiger charge is -2.38. The van der Waals surface area contributed by atoms with Crippen LogP contribution in [0.5, 0.6) is 5.75 Å². The van der Waals surface area contributed by atoms with Crippen molar-refractivity contribution in [2.24, 2.45) is 5.73 Å². The fraction of sp³-hybridized carbons (Fsp3) is 0.625. The van der Waals surface area contributed by atoms with Gasteiger partial charge in [-0.3, -0.25) is 0 Å². The summed E-state index contributed by atoms with van der Waals surface area (Å²) in [6.07, 6.45) is 3.79. The van der Waals surface area contributed by atoms with Crippen molar-refractivity contribution < 1.29 is 4.74 Å². The predicted molar refractivity (Wildman–Crippen MR) is 84.7 cm³/mol. The van der Waals surface area contributed by atoms with E-state index in [1.54, 1.807) is 0 Å². The van der Waals surface area contributed by atoms with Gasteiger partial charge in [0.25, 0.3) is 0 Å². The molecule has 1 fully saturated rings. The van der Waals surface area contributed by atoms with Crippen LogP contribution in [0.25, 0.3) is 0 Å². The van der Waals surface area contributed by atoms with Crippen molar-refractivity contribution >= 4 is 11.6 Å². The summed E-state index contributed by atoms with van der Waals surface area (Å²) >= 11 is 6.31. The molecule has 1 heterocycles. The van der Waals surface area contributed by atoms with Gasteiger partial charge in [-0.1, -0.05) is 24.1 Å². The Morgan fingerprint density at radius 2 is 2.25 bits per heavy atom. The number of rotatable bonds is 5. The lowest BCUT2D eigenvalue weighted by atomic mass is 9.85. The van der Waals surface area contributed by atoms with Crippen molar-refractivity contribution in [2.75, 3.05) is 26.7 Å². The van der Waals surface area contributed by atoms with Gasteiger partial charge in [0.1, 0.15) is 5.75 Å². The minimum Gasteiger partial charge on any atom is -0.492 e. The molecule has 2 atom stereocenters. The third-order valence-electron chi connectivity index (χ3n) is 4.23. The Labute approximate surface area is 127 Å². The van der Waals surface area contributed by atoms with Crippen LogP contribution in [0.2, 0.25) is 5.02 Å². The Bertz CT molecular complexity index is 438. The molecule has 2 unspecified atom stereocenters.